The van der Waals surface area contributed by atoms with E-state index in [1.165, 1.54) is 0 Å². The highest BCUT2D eigenvalue weighted by molar-refractivity contribution is 6.11. The minimum atomic E-state index is -0.331. The van der Waals surface area contributed by atoms with Crippen LogP contribution in [0.3, 0.4) is 0 Å². The van der Waals surface area contributed by atoms with Crippen molar-refractivity contribution in [3.8, 4) is 0 Å². The summed E-state index contributed by atoms with van der Waals surface area (Å²) in [6.45, 7) is 2.74. The van der Waals surface area contributed by atoms with Crippen molar-refractivity contribution in [1.29, 1.82) is 0 Å². The first kappa shape index (κ1) is 8.54. The number of methoxy groups -OCH3 is 1. The Morgan fingerprint density at radius 1 is 1.67 bits per heavy atom. The largest absolute Gasteiger partial charge is 0.377 e. The Morgan fingerprint density at radius 3 is 2.75 bits per heavy atom. The van der Waals surface area contributed by atoms with Crippen LogP contribution in [-0.4, -0.2) is 45.4 Å². The molecule has 2 saturated heterocycles. The van der Waals surface area contributed by atoms with E-state index in [9.17, 15) is 0 Å². The van der Waals surface area contributed by atoms with E-state index in [0.29, 0.717) is 6.61 Å². The Kier molecular flexibility index (Phi) is 1.94. The zero-order chi connectivity index (χ0) is 8.77. The minimum absolute atomic E-state index is 0.0440. The zero-order valence-corrected chi connectivity index (χ0v) is 7.45. The lowest BCUT2D eigenvalue weighted by Crippen LogP contribution is -2.58. The maximum absolute atomic E-state index is 5.74. The molecule has 0 spiro atoms. The van der Waals surface area contributed by atoms with Crippen LogP contribution in [0, 0.1) is 0 Å². The highest BCUT2D eigenvalue weighted by atomic mass is 16.7. The van der Waals surface area contributed by atoms with Crippen LogP contribution in [-0.2, 0) is 14.2 Å². The van der Waals surface area contributed by atoms with Crippen molar-refractivity contribution in [3.63, 3.8) is 0 Å². The van der Waals surface area contributed by atoms with Crippen LogP contribution >= 0.6 is 0 Å². The van der Waals surface area contributed by atoms with Gasteiger partial charge in [0, 0.05) is 13.1 Å². The molecule has 0 bridgehead atoms. The second-order valence-corrected chi connectivity index (χ2v) is 3.43. The molecule has 0 aliphatic carbocycles. The molecule has 3 nitrogen and oxygen atoms in total. The molecule has 4 atom stereocenters. The van der Waals surface area contributed by atoms with Gasteiger partial charge in [0.15, 0.2) is 0 Å². The third kappa shape index (κ3) is 0.887. The molecule has 2 aliphatic rings. The fourth-order valence-corrected chi connectivity index (χ4v) is 2.02. The van der Waals surface area contributed by atoms with Crippen LogP contribution in [0.1, 0.15) is 13.3 Å². The second-order valence-electron chi connectivity index (χ2n) is 3.43. The zero-order valence-electron chi connectivity index (χ0n) is 7.45. The molecular weight excluding hydrogens is 155 g/mol. The summed E-state index contributed by atoms with van der Waals surface area (Å²) >= 11 is 0. The highest BCUT2D eigenvalue weighted by Crippen LogP contribution is 2.43. The summed E-state index contributed by atoms with van der Waals surface area (Å²) in [5, 5.41) is 0. The number of fused-ring (bicyclic) bond motifs is 1. The minimum Gasteiger partial charge on any atom is -0.377 e. The van der Waals surface area contributed by atoms with Gasteiger partial charge in [0.1, 0.15) is 25.7 Å². The predicted octanol–water partition coefficient (Wildman–Crippen LogP) is 0.0738. The summed E-state index contributed by atoms with van der Waals surface area (Å²) in [5.41, 5.74) is -0.153. The van der Waals surface area contributed by atoms with Crippen molar-refractivity contribution in [1.82, 2.24) is 0 Å². The van der Waals surface area contributed by atoms with Gasteiger partial charge in [-0.1, -0.05) is 6.92 Å². The molecule has 66 valence electrons. The molecule has 2 fully saturated rings. The van der Waals surface area contributed by atoms with Gasteiger partial charge in [-0.25, -0.2) is 0 Å². The number of rotatable bonds is 2. The van der Waals surface area contributed by atoms with Gasteiger partial charge in [0.25, 0.3) is 0 Å². The van der Waals surface area contributed by atoms with E-state index >= 15 is 0 Å². The van der Waals surface area contributed by atoms with Gasteiger partial charge >= 0.3 is 0 Å². The number of hydrogen-bond acceptors (Lipinski definition) is 3. The van der Waals surface area contributed by atoms with Crippen molar-refractivity contribution in [3.05, 3.63) is 0 Å². The summed E-state index contributed by atoms with van der Waals surface area (Å²) in [7, 11) is 7.38. The molecule has 4 heteroatoms. The molecule has 0 aromatic carbocycles. The van der Waals surface area contributed by atoms with Gasteiger partial charge in [-0.3, -0.25) is 0 Å². The summed E-state index contributed by atoms with van der Waals surface area (Å²) < 4.78 is 16.2. The van der Waals surface area contributed by atoms with Crippen LogP contribution in [0.15, 0.2) is 0 Å². The van der Waals surface area contributed by atoms with E-state index in [2.05, 4.69) is 6.92 Å². The van der Waals surface area contributed by atoms with Gasteiger partial charge in [0.05, 0.1) is 6.61 Å². The molecule has 0 aromatic rings. The molecule has 12 heavy (non-hydrogen) atoms. The lowest BCUT2D eigenvalue weighted by atomic mass is 9.84. The number of hydrogen-bond donors (Lipinski definition) is 0. The van der Waals surface area contributed by atoms with Gasteiger partial charge in [-0.15, -0.1) is 0 Å². The Hall–Kier alpha value is -0.0551. The third-order valence-corrected chi connectivity index (χ3v) is 2.89. The fraction of sp³-hybridized carbons (Fsp3) is 1.00. The highest BCUT2D eigenvalue weighted by Gasteiger charge is 2.59. The first-order valence-corrected chi connectivity index (χ1v) is 4.31. The van der Waals surface area contributed by atoms with Crippen LogP contribution in [0.4, 0.5) is 0 Å². The van der Waals surface area contributed by atoms with E-state index in [4.69, 9.17) is 22.1 Å². The van der Waals surface area contributed by atoms with Crippen molar-refractivity contribution >= 4 is 7.85 Å². The Bertz CT molecular complexity index is 183. The molecule has 0 amide bonds. The molecule has 0 unspecified atom stereocenters. The lowest BCUT2D eigenvalue weighted by molar-refractivity contribution is -0.227. The number of ether oxygens (including phenoxy) is 3. The van der Waals surface area contributed by atoms with Gasteiger partial charge in [-0.05, 0) is 6.42 Å². The average Bonchev–Trinajstić information content (AvgIpc) is 2.23. The van der Waals surface area contributed by atoms with Crippen LogP contribution in [0.5, 0.6) is 0 Å². The van der Waals surface area contributed by atoms with Crippen molar-refractivity contribution in [2.24, 2.45) is 0 Å². The standard InChI is InChI=1S/C8H13BO3/c1-3-8-4-11-6(8)5(10-2)7(9)12-8/h5-7H,3-4H2,1-2H3/t5-,6+,7-,8+/m1/s1. The van der Waals surface area contributed by atoms with Gasteiger partial charge < -0.3 is 14.2 Å². The molecule has 0 saturated carbocycles. The molecule has 2 rings (SSSR count). The Balaban J connectivity index is 2.13. The maximum atomic E-state index is 5.74. The maximum Gasteiger partial charge on any atom is 0.119 e. The predicted molar refractivity (Wildman–Crippen MR) is 44.2 cm³/mol. The summed E-state index contributed by atoms with van der Waals surface area (Å²) in [4.78, 5) is 0. The van der Waals surface area contributed by atoms with E-state index in [0.717, 1.165) is 6.42 Å². The average molecular weight is 168 g/mol. The quantitative estimate of drug-likeness (QED) is 0.546. The normalized spacial score (nSPS) is 51.7. The molecule has 0 aromatic heterocycles. The molecule has 2 radical (unpaired) electrons. The van der Waals surface area contributed by atoms with Crippen molar-refractivity contribution in [2.45, 2.75) is 37.2 Å². The SMILES string of the molecule is [B][C@@H]1O[C@@]2(CC)CO[C@H]2[C@H]1OC. The van der Waals surface area contributed by atoms with E-state index in [1.807, 2.05) is 0 Å². The van der Waals surface area contributed by atoms with Crippen LogP contribution < -0.4 is 0 Å². The van der Waals surface area contributed by atoms with Crippen LogP contribution in [0.25, 0.3) is 0 Å². The molecule has 2 heterocycles. The van der Waals surface area contributed by atoms with E-state index in [1.54, 1.807) is 7.11 Å². The van der Waals surface area contributed by atoms with Crippen LogP contribution in [0.2, 0.25) is 0 Å². The summed E-state index contributed by atoms with van der Waals surface area (Å²) in [6, 6.07) is -0.331. The molecule has 2 aliphatic heterocycles. The van der Waals surface area contributed by atoms with Gasteiger partial charge in [0.2, 0.25) is 0 Å². The van der Waals surface area contributed by atoms with Crippen molar-refractivity contribution in [2.75, 3.05) is 13.7 Å². The topological polar surface area (TPSA) is 27.7 Å². The Labute approximate surface area is 73.8 Å². The lowest BCUT2D eigenvalue weighted by Gasteiger charge is -2.43. The third-order valence-electron chi connectivity index (χ3n) is 2.89. The first-order chi connectivity index (χ1) is 5.73. The monoisotopic (exact) mass is 168 g/mol. The smallest absolute Gasteiger partial charge is 0.119 e. The summed E-state index contributed by atoms with van der Waals surface area (Å²) in [6.07, 6.45) is 0.881. The second kappa shape index (κ2) is 2.72. The first-order valence-electron chi connectivity index (χ1n) is 4.31. The van der Waals surface area contributed by atoms with E-state index in [-0.39, 0.29) is 23.8 Å². The molecular formula is C8H13BO3. The fourth-order valence-electron chi connectivity index (χ4n) is 2.02. The summed E-state index contributed by atoms with van der Waals surface area (Å²) in [5.74, 6) is 0. The van der Waals surface area contributed by atoms with E-state index < -0.39 is 0 Å². The Morgan fingerprint density at radius 2 is 2.42 bits per heavy atom. The van der Waals surface area contributed by atoms with Crippen molar-refractivity contribution < 1.29 is 14.2 Å². The van der Waals surface area contributed by atoms with Gasteiger partial charge in [-0.2, -0.15) is 0 Å². The molecule has 0 N–H and O–H groups in total.